The lowest BCUT2D eigenvalue weighted by molar-refractivity contribution is -0.139. The smallest absolute Gasteiger partial charge is 0.419 e. The van der Waals surface area contributed by atoms with Crippen molar-refractivity contribution < 1.29 is 35.9 Å². The Morgan fingerprint density at radius 1 is 0.925 bits per heavy atom. The molecule has 8 nitrogen and oxygen atoms in total. The zero-order valence-corrected chi connectivity index (χ0v) is 24.2. The number of aryl methyl sites for hydroxylation is 2. The van der Waals surface area contributed by atoms with Crippen molar-refractivity contribution in [2.75, 3.05) is 5.34 Å². The standard InChI is InChI=1S/C14H20F3N3O2.C9H12F3N3.CH2Cl2/c1-8-11(14(15,16)17)7-20(19-8)10-5-9(6-10)18-12(21)22-13(2,3)4;1-5-8(9(10,11)12)4-15(14-5)7-2-6(13)3-7;2-1-3/h7,9-10H,5-6H2,1-4H3,(H,18,21);4,6-7H,2-3,13H2,1H3;1H2. The summed E-state index contributed by atoms with van der Waals surface area (Å²) in [6.45, 7) is 8.01. The summed E-state index contributed by atoms with van der Waals surface area (Å²) in [5.41, 5.74) is 3.64. The maximum Gasteiger partial charge on any atom is 0.419 e. The van der Waals surface area contributed by atoms with Crippen LogP contribution in [0.1, 0.15) is 81.1 Å². The Kier molecular flexibility index (Phi) is 11.2. The van der Waals surface area contributed by atoms with E-state index in [-0.39, 0.29) is 40.9 Å². The second kappa shape index (κ2) is 13.2. The van der Waals surface area contributed by atoms with E-state index >= 15 is 0 Å². The normalized spacial score (nSPS) is 22.6. The van der Waals surface area contributed by atoms with Crippen LogP contribution in [0.3, 0.4) is 0 Å². The van der Waals surface area contributed by atoms with Gasteiger partial charge in [0, 0.05) is 24.5 Å². The number of nitrogens with zero attached hydrogens (tertiary/aromatic N) is 4. The number of nitrogens with one attached hydrogen (secondary N) is 1. The maximum absolute atomic E-state index is 12.7. The number of alkyl halides is 8. The average Bonchev–Trinajstić information content (AvgIpc) is 3.30. The van der Waals surface area contributed by atoms with Crippen LogP contribution in [0.25, 0.3) is 0 Å². The van der Waals surface area contributed by atoms with Gasteiger partial charge in [0.05, 0.1) is 39.9 Å². The molecule has 3 N–H and O–H groups in total. The van der Waals surface area contributed by atoms with E-state index < -0.39 is 35.2 Å². The number of hydrogen-bond acceptors (Lipinski definition) is 5. The molecule has 0 aromatic carbocycles. The molecule has 0 aliphatic heterocycles. The Morgan fingerprint density at radius 2 is 1.30 bits per heavy atom. The van der Waals surface area contributed by atoms with Gasteiger partial charge in [0.15, 0.2) is 0 Å². The minimum absolute atomic E-state index is 0.0305. The molecule has 2 saturated carbocycles. The molecular formula is C24H34Cl2F6N6O2. The molecule has 0 unspecified atom stereocenters. The van der Waals surface area contributed by atoms with E-state index in [4.69, 9.17) is 33.7 Å². The van der Waals surface area contributed by atoms with Crippen molar-refractivity contribution >= 4 is 29.3 Å². The van der Waals surface area contributed by atoms with Gasteiger partial charge in [-0.1, -0.05) is 0 Å². The van der Waals surface area contributed by atoms with E-state index in [0.29, 0.717) is 25.7 Å². The molecule has 2 aliphatic carbocycles. The van der Waals surface area contributed by atoms with Crippen molar-refractivity contribution in [3.8, 4) is 0 Å². The third-order valence-electron chi connectivity index (χ3n) is 6.18. The van der Waals surface area contributed by atoms with E-state index in [2.05, 4.69) is 15.5 Å². The summed E-state index contributed by atoms with van der Waals surface area (Å²) in [5, 5.41) is 10.7. The van der Waals surface area contributed by atoms with E-state index in [1.165, 1.54) is 23.2 Å². The lowest BCUT2D eigenvalue weighted by atomic mass is 9.87. The second-order valence-corrected chi connectivity index (χ2v) is 11.5. The number of carbonyl (C=O) groups is 1. The van der Waals surface area contributed by atoms with Crippen LogP contribution in [-0.2, 0) is 17.1 Å². The van der Waals surface area contributed by atoms with Crippen molar-refractivity contribution in [2.45, 2.75) is 102 Å². The van der Waals surface area contributed by atoms with Gasteiger partial charge in [-0.25, -0.2) is 4.79 Å². The summed E-state index contributed by atoms with van der Waals surface area (Å²) in [4.78, 5) is 11.6. The van der Waals surface area contributed by atoms with Gasteiger partial charge in [-0.15, -0.1) is 23.2 Å². The van der Waals surface area contributed by atoms with Crippen molar-refractivity contribution in [3.05, 3.63) is 34.9 Å². The number of carbonyl (C=O) groups excluding carboxylic acids is 1. The summed E-state index contributed by atoms with van der Waals surface area (Å²) in [7, 11) is 0. The lowest BCUT2D eigenvalue weighted by Gasteiger charge is -2.36. The molecule has 228 valence electrons. The fourth-order valence-corrected chi connectivity index (χ4v) is 4.14. The first-order chi connectivity index (χ1) is 18.2. The molecule has 40 heavy (non-hydrogen) atoms. The first kappa shape index (κ1) is 34.0. The fraction of sp³-hybridized carbons (Fsp3) is 0.708. The first-order valence-corrected chi connectivity index (χ1v) is 13.4. The molecule has 0 bridgehead atoms. The quantitative estimate of drug-likeness (QED) is 0.292. The number of rotatable bonds is 3. The molecule has 2 aliphatic rings. The van der Waals surface area contributed by atoms with E-state index in [1.807, 2.05) is 0 Å². The van der Waals surface area contributed by atoms with Gasteiger partial charge in [0.2, 0.25) is 0 Å². The highest BCUT2D eigenvalue weighted by Crippen LogP contribution is 2.37. The van der Waals surface area contributed by atoms with Crippen LogP contribution in [0.4, 0.5) is 31.1 Å². The van der Waals surface area contributed by atoms with Crippen molar-refractivity contribution in [1.29, 1.82) is 0 Å². The third kappa shape index (κ3) is 9.72. The molecule has 0 saturated heterocycles. The summed E-state index contributed by atoms with van der Waals surface area (Å²) < 4.78 is 83.4. The van der Waals surface area contributed by atoms with Crippen LogP contribution >= 0.6 is 23.2 Å². The Balaban J connectivity index is 0.000000269. The molecule has 1 amide bonds. The van der Waals surface area contributed by atoms with Crippen molar-refractivity contribution in [3.63, 3.8) is 0 Å². The first-order valence-electron chi connectivity index (χ1n) is 12.4. The van der Waals surface area contributed by atoms with Gasteiger partial charge in [-0.05, 0) is 60.3 Å². The van der Waals surface area contributed by atoms with E-state index in [0.717, 1.165) is 12.4 Å². The number of hydrogen-bond donors (Lipinski definition) is 2. The maximum atomic E-state index is 12.7. The van der Waals surface area contributed by atoms with Gasteiger partial charge in [0.1, 0.15) is 5.60 Å². The summed E-state index contributed by atoms with van der Waals surface area (Å²) >= 11 is 9.53. The molecule has 16 heteroatoms. The molecule has 0 spiro atoms. The van der Waals surface area contributed by atoms with Crippen LogP contribution < -0.4 is 11.1 Å². The number of nitrogens with two attached hydrogens (primary N) is 1. The monoisotopic (exact) mass is 622 g/mol. The van der Waals surface area contributed by atoms with Crippen LogP contribution in [0, 0.1) is 13.8 Å². The minimum Gasteiger partial charge on any atom is -0.444 e. The third-order valence-corrected chi connectivity index (χ3v) is 6.18. The predicted octanol–water partition coefficient (Wildman–Crippen LogP) is 6.73. The molecule has 0 atom stereocenters. The highest BCUT2D eigenvalue weighted by atomic mass is 35.5. The molecule has 2 heterocycles. The number of aromatic nitrogens is 4. The topological polar surface area (TPSA) is 100.0 Å². The molecule has 2 aromatic heterocycles. The summed E-state index contributed by atoms with van der Waals surface area (Å²) in [5.74, 6) is 0. The highest BCUT2D eigenvalue weighted by molar-refractivity contribution is 6.40. The predicted molar refractivity (Wildman–Crippen MR) is 138 cm³/mol. The molecule has 0 radical (unpaired) electrons. The fourth-order valence-electron chi connectivity index (χ4n) is 4.14. The van der Waals surface area contributed by atoms with Crippen molar-refractivity contribution in [2.24, 2.45) is 5.73 Å². The number of ether oxygens (including phenoxy) is 1. The SMILES string of the molecule is Cc1nn(C2CC(N)C2)cc1C(F)(F)F.Cc1nn(C2CC(NC(=O)OC(C)(C)C)C2)cc1C(F)(F)F.ClCCl. The lowest BCUT2D eigenvalue weighted by Crippen LogP contribution is -2.46. The second-order valence-electron chi connectivity index (χ2n) is 10.7. The molecule has 2 fully saturated rings. The number of alkyl carbamates (subject to hydrolysis) is 1. The number of amides is 1. The van der Waals surface area contributed by atoms with Gasteiger partial charge in [-0.2, -0.15) is 36.5 Å². The van der Waals surface area contributed by atoms with Crippen LogP contribution in [0.5, 0.6) is 0 Å². The minimum atomic E-state index is -4.39. The zero-order chi connectivity index (χ0) is 30.6. The van der Waals surface area contributed by atoms with E-state index in [1.54, 1.807) is 20.8 Å². The van der Waals surface area contributed by atoms with Crippen LogP contribution in [0.2, 0.25) is 0 Å². The van der Waals surface area contributed by atoms with Gasteiger partial charge in [0.25, 0.3) is 0 Å². The number of halogens is 8. The van der Waals surface area contributed by atoms with Gasteiger partial charge < -0.3 is 15.8 Å². The Morgan fingerprint density at radius 3 is 1.60 bits per heavy atom. The molecular weight excluding hydrogens is 589 g/mol. The molecule has 2 aromatic rings. The Bertz CT molecular complexity index is 1120. The summed E-state index contributed by atoms with van der Waals surface area (Å²) in [6, 6.07) is -0.0860. The van der Waals surface area contributed by atoms with Crippen LogP contribution in [-0.4, -0.2) is 48.7 Å². The van der Waals surface area contributed by atoms with Gasteiger partial charge in [-0.3, -0.25) is 9.36 Å². The van der Waals surface area contributed by atoms with Gasteiger partial charge >= 0.3 is 18.4 Å². The highest BCUT2D eigenvalue weighted by Gasteiger charge is 2.39. The van der Waals surface area contributed by atoms with E-state index in [9.17, 15) is 31.1 Å². The molecule has 4 rings (SSSR count). The van der Waals surface area contributed by atoms with Crippen molar-refractivity contribution in [1.82, 2.24) is 24.9 Å². The van der Waals surface area contributed by atoms with Crippen LogP contribution in [0.15, 0.2) is 12.4 Å². The largest absolute Gasteiger partial charge is 0.444 e. The average molecular weight is 623 g/mol. The summed E-state index contributed by atoms with van der Waals surface area (Å²) in [6.07, 6.45) is -4.61. The zero-order valence-electron chi connectivity index (χ0n) is 22.7. The Labute approximate surface area is 238 Å². The Hall–Kier alpha value is -2.19.